The van der Waals surface area contributed by atoms with Crippen molar-refractivity contribution in [2.24, 2.45) is 0 Å². The number of hydrogen-bond donors (Lipinski definition) is 1. The molecule has 0 atom stereocenters. The Hall–Kier alpha value is -1.58. The lowest BCUT2D eigenvalue weighted by atomic mass is 10.2. The fourth-order valence-corrected chi connectivity index (χ4v) is 2.21. The van der Waals surface area contributed by atoms with Crippen molar-refractivity contribution in [1.82, 2.24) is 9.88 Å². The first-order valence-corrected chi connectivity index (χ1v) is 7.26. The molecule has 19 heavy (non-hydrogen) atoms. The number of rotatable bonds is 7. The van der Waals surface area contributed by atoms with Gasteiger partial charge in [0, 0.05) is 25.3 Å². The molecule has 0 saturated heterocycles. The van der Waals surface area contributed by atoms with Crippen LogP contribution in [0.1, 0.15) is 49.9 Å². The van der Waals surface area contributed by atoms with Gasteiger partial charge in [-0.15, -0.1) is 0 Å². The monoisotopic (exact) mass is 261 g/mol. The lowest BCUT2D eigenvalue weighted by Crippen LogP contribution is -2.34. The third-order valence-electron chi connectivity index (χ3n) is 3.33. The predicted molar refractivity (Wildman–Crippen MR) is 77.4 cm³/mol. The quantitative estimate of drug-likeness (QED) is 0.821. The van der Waals surface area contributed by atoms with Gasteiger partial charge in [0.15, 0.2) is 0 Å². The van der Waals surface area contributed by atoms with Gasteiger partial charge in [0.2, 0.25) is 0 Å². The third kappa shape index (κ3) is 3.46. The summed E-state index contributed by atoms with van der Waals surface area (Å²) in [6.07, 6.45) is 7.78. The summed E-state index contributed by atoms with van der Waals surface area (Å²) in [5.41, 5.74) is 1.61. The van der Waals surface area contributed by atoms with Crippen molar-refractivity contribution < 1.29 is 4.79 Å². The molecule has 0 aliphatic heterocycles. The van der Waals surface area contributed by atoms with Crippen molar-refractivity contribution in [3.63, 3.8) is 0 Å². The number of nitrogens with zero attached hydrogens (tertiary/aromatic N) is 2. The molecule has 1 N–H and O–H groups in total. The van der Waals surface area contributed by atoms with Crippen molar-refractivity contribution in [3.8, 4) is 0 Å². The predicted octanol–water partition coefficient (Wildman–Crippen LogP) is 2.92. The van der Waals surface area contributed by atoms with Crippen LogP contribution < -0.4 is 5.32 Å². The summed E-state index contributed by atoms with van der Waals surface area (Å²) < 4.78 is 0. The standard InChI is InChI=1S/C15H23N3O/c1-3-8-17-14-11-16-9-7-13(14)15(19)18(10-4-2)12-5-6-12/h7,9,11-12,17H,3-6,8,10H2,1-2H3. The van der Waals surface area contributed by atoms with E-state index in [4.69, 9.17) is 0 Å². The number of aromatic nitrogens is 1. The fourth-order valence-electron chi connectivity index (χ4n) is 2.21. The van der Waals surface area contributed by atoms with Crippen LogP contribution in [0, 0.1) is 0 Å². The smallest absolute Gasteiger partial charge is 0.256 e. The van der Waals surface area contributed by atoms with Crippen LogP contribution in [0.3, 0.4) is 0 Å². The highest BCUT2D eigenvalue weighted by Gasteiger charge is 2.33. The molecule has 0 bridgehead atoms. The minimum Gasteiger partial charge on any atom is -0.383 e. The van der Waals surface area contributed by atoms with Gasteiger partial charge in [-0.3, -0.25) is 9.78 Å². The summed E-state index contributed by atoms with van der Waals surface area (Å²) in [6.45, 7) is 5.94. The molecule has 1 aromatic rings. The van der Waals surface area contributed by atoms with Crippen LogP contribution in [0.2, 0.25) is 0 Å². The van der Waals surface area contributed by atoms with Crippen LogP contribution in [0.25, 0.3) is 0 Å². The van der Waals surface area contributed by atoms with E-state index < -0.39 is 0 Å². The molecule has 1 aliphatic carbocycles. The fraction of sp³-hybridized carbons (Fsp3) is 0.600. The van der Waals surface area contributed by atoms with Crippen molar-refractivity contribution in [1.29, 1.82) is 0 Å². The summed E-state index contributed by atoms with van der Waals surface area (Å²) in [7, 11) is 0. The topological polar surface area (TPSA) is 45.2 Å². The lowest BCUT2D eigenvalue weighted by molar-refractivity contribution is 0.0744. The van der Waals surface area contributed by atoms with Crippen LogP contribution in [-0.2, 0) is 0 Å². The van der Waals surface area contributed by atoms with Gasteiger partial charge in [-0.1, -0.05) is 13.8 Å². The van der Waals surface area contributed by atoms with Crippen LogP contribution in [0.5, 0.6) is 0 Å². The minimum absolute atomic E-state index is 0.144. The van der Waals surface area contributed by atoms with Gasteiger partial charge in [-0.2, -0.15) is 0 Å². The van der Waals surface area contributed by atoms with Crippen molar-refractivity contribution in [2.75, 3.05) is 18.4 Å². The molecular weight excluding hydrogens is 238 g/mol. The number of amides is 1. The molecule has 1 aromatic heterocycles. The van der Waals surface area contributed by atoms with E-state index in [9.17, 15) is 4.79 Å². The number of anilines is 1. The van der Waals surface area contributed by atoms with E-state index >= 15 is 0 Å². The molecule has 1 saturated carbocycles. The molecule has 2 rings (SSSR count). The third-order valence-corrected chi connectivity index (χ3v) is 3.33. The minimum atomic E-state index is 0.144. The Kier molecular flexibility index (Phi) is 4.77. The molecule has 104 valence electrons. The van der Waals surface area contributed by atoms with Crippen LogP contribution >= 0.6 is 0 Å². The highest BCUT2D eigenvalue weighted by Crippen LogP contribution is 2.29. The maximum atomic E-state index is 12.7. The van der Waals surface area contributed by atoms with Gasteiger partial charge >= 0.3 is 0 Å². The van der Waals surface area contributed by atoms with Crippen LogP contribution in [0.15, 0.2) is 18.5 Å². The van der Waals surface area contributed by atoms with E-state index in [1.165, 1.54) is 0 Å². The van der Waals surface area contributed by atoms with E-state index in [0.717, 1.165) is 50.0 Å². The van der Waals surface area contributed by atoms with Gasteiger partial charge in [0.25, 0.3) is 5.91 Å². The Morgan fingerprint density at radius 2 is 2.21 bits per heavy atom. The molecule has 0 aromatic carbocycles. The molecule has 4 nitrogen and oxygen atoms in total. The number of pyridine rings is 1. The van der Waals surface area contributed by atoms with Crippen LogP contribution in [0.4, 0.5) is 5.69 Å². The number of nitrogens with one attached hydrogen (secondary N) is 1. The average Bonchev–Trinajstić information content (AvgIpc) is 3.26. The van der Waals surface area contributed by atoms with E-state index in [1.54, 1.807) is 12.4 Å². The Labute approximate surface area is 115 Å². The Balaban J connectivity index is 2.16. The highest BCUT2D eigenvalue weighted by atomic mass is 16.2. The van der Waals surface area contributed by atoms with Crippen molar-refractivity contribution >= 4 is 11.6 Å². The molecular formula is C15H23N3O. The lowest BCUT2D eigenvalue weighted by Gasteiger charge is -2.23. The van der Waals surface area contributed by atoms with Crippen molar-refractivity contribution in [3.05, 3.63) is 24.0 Å². The van der Waals surface area contributed by atoms with E-state index in [0.29, 0.717) is 6.04 Å². The summed E-state index contributed by atoms with van der Waals surface area (Å²) in [5.74, 6) is 0.144. The maximum absolute atomic E-state index is 12.7. The summed E-state index contributed by atoms with van der Waals surface area (Å²) in [6, 6.07) is 2.28. The number of carbonyl (C=O) groups excluding carboxylic acids is 1. The zero-order chi connectivity index (χ0) is 13.7. The van der Waals surface area contributed by atoms with Crippen molar-refractivity contribution in [2.45, 2.75) is 45.6 Å². The van der Waals surface area contributed by atoms with Gasteiger partial charge in [0.05, 0.1) is 17.4 Å². The molecule has 0 unspecified atom stereocenters. The second kappa shape index (κ2) is 6.55. The summed E-state index contributed by atoms with van der Waals surface area (Å²) in [4.78, 5) is 18.8. The van der Waals surface area contributed by atoms with E-state index in [-0.39, 0.29) is 5.91 Å². The largest absolute Gasteiger partial charge is 0.383 e. The zero-order valence-electron chi connectivity index (χ0n) is 11.9. The first-order chi connectivity index (χ1) is 9.27. The SMILES string of the molecule is CCCNc1cnccc1C(=O)N(CCC)C1CC1. The Morgan fingerprint density at radius 3 is 2.84 bits per heavy atom. The maximum Gasteiger partial charge on any atom is 0.256 e. The summed E-state index contributed by atoms with van der Waals surface area (Å²) in [5, 5.41) is 3.29. The van der Waals surface area contributed by atoms with Crippen LogP contribution in [-0.4, -0.2) is 34.9 Å². The molecule has 1 fully saturated rings. The van der Waals surface area contributed by atoms with Gasteiger partial charge < -0.3 is 10.2 Å². The average molecular weight is 261 g/mol. The molecule has 0 radical (unpaired) electrons. The molecule has 1 heterocycles. The normalized spacial score (nSPS) is 14.2. The van der Waals surface area contributed by atoms with Gasteiger partial charge in [-0.25, -0.2) is 0 Å². The number of hydrogen-bond acceptors (Lipinski definition) is 3. The highest BCUT2D eigenvalue weighted by molar-refractivity contribution is 5.99. The van der Waals surface area contributed by atoms with E-state index in [2.05, 4.69) is 24.1 Å². The second-order valence-corrected chi connectivity index (χ2v) is 5.08. The number of carbonyl (C=O) groups is 1. The van der Waals surface area contributed by atoms with Gasteiger partial charge in [0.1, 0.15) is 0 Å². The molecule has 0 spiro atoms. The molecule has 1 aliphatic rings. The second-order valence-electron chi connectivity index (χ2n) is 5.08. The first-order valence-electron chi connectivity index (χ1n) is 7.26. The molecule has 1 amide bonds. The first kappa shape index (κ1) is 13.8. The molecule has 4 heteroatoms. The Bertz CT molecular complexity index is 429. The Morgan fingerprint density at radius 1 is 1.42 bits per heavy atom. The summed E-state index contributed by atoms with van der Waals surface area (Å²) >= 11 is 0. The van der Waals surface area contributed by atoms with E-state index in [1.807, 2.05) is 11.0 Å². The van der Waals surface area contributed by atoms with Gasteiger partial charge in [-0.05, 0) is 31.7 Å². The zero-order valence-corrected chi connectivity index (χ0v) is 11.9.